The molecular formula is C23H23FN4O3. The van der Waals surface area contributed by atoms with Gasteiger partial charge in [0.2, 0.25) is 5.91 Å². The van der Waals surface area contributed by atoms with Gasteiger partial charge < -0.3 is 14.6 Å². The first-order chi connectivity index (χ1) is 15.1. The number of amides is 2. The Morgan fingerprint density at radius 1 is 1.16 bits per heavy atom. The molecule has 160 valence electrons. The smallest absolute Gasteiger partial charge is 0.251 e. The maximum absolute atomic E-state index is 12.9. The predicted octanol–water partition coefficient (Wildman–Crippen LogP) is 2.70. The van der Waals surface area contributed by atoms with Crippen molar-refractivity contribution in [3.63, 3.8) is 0 Å². The van der Waals surface area contributed by atoms with Crippen LogP contribution in [-0.2, 0) is 30.6 Å². The third-order valence-corrected chi connectivity index (χ3v) is 5.21. The van der Waals surface area contributed by atoms with Crippen molar-refractivity contribution in [2.24, 2.45) is 0 Å². The Morgan fingerprint density at radius 2 is 2.00 bits per heavy atom. The highest BCUT2D eigenvalue weighted by Gasteiger charge is 2.25. The minimum Gasteiger partial charge on any atom is -0.445 e. The maximum Gasteiger partial charge on any atom is 0.251 e. The second-order valence-electron chi connectivity index (χ2n) is 7.42. The Bertz CT molecular complexity index is 1050. The molecule has 0 fully saturated rings. The highest BCUT2D eigenvalue weighted by molar-refractivity contribution is 5.94. The number of pyridine rings is 1. The van der Waals surface area contributed by atoms with Gasteiger partial charge in [-0.05, 0) is 42.3 Å². The summed E-state index contributed by atoms with van der Waals surface area (Å²) in [6.45, 7) is 1.19. The van der Waals surface area contributed by atoms with E-state index in [1.54, 1.807) is 11.1 Å². The minimum absolute atomic E-state index is 0.0510. The number of carbonyl (C=O) groups excluding carboxylic acids is 2. The number of nitrogens with zero attached hydrogens (tertiary/aromatic N) is 3. The number of benzene rings is 1. The molecular weight excluding hydrogens is 399 g/mol. The fraction of sp³-hybridized carbons (Fsp3) is 0.304. The summed E-state index contributed by atoms with van der Waals surface area (Å²) in [6.07, 6.45) is 5.87. The van der Waals surface area contributed by atoms with Crippen LogP contribution in [0.1, 0.15) is 39.7 Å². The Balaban J connectivity index is 1.25. The topological polar surface area (TPSA) is 88.3 Å². The van der Waals surface area contributed by atoms with Gasteiger partial charge >= 0.3 is 0 Å². The van der Waals surface area contributed by atoms with Crippen molar-refractivity contribution in [2.45, 2.75) is 32.2 Å². The molecule has 0 bridgehead atoms. The first-order valence-electron chi connectivity index (χ1n) is 10.3. The van der Waals surface area contributed by atoms with E-state index >= 15 is 0 Å². The fourth-order valence-electron chi connectivity index (χ4n) is 3.51. The largest absolute Gasteiger partial charge is 0.445 e. The fourth-order valence-corrected chi connectivity index (χ4v) is 3.51. The quantitative estimate of drug-likeness (QED) is 0.633. The number of carbonyl (C=O) groups is 2. The molecule has 0 aliphatic carbocycles. The molecule has 1 aliphatic rings. The summed E-state index contributed by atoms with van der Waals surface area (Å²) in [4.78, 5) is 35.0. The van der Waals surface area contributed by atoms with Crippen LogP contribution >= 0.6 is 0 Å². The van der Waals surface area contributed by atoms with Crippen molar-refractivity contribution in [1.82, 2.24) is 20.2 Å². The van der Waals surface area contributed by atoms with Crippen molar-refractivity contribution in [2.75, 3.05) is 13.1 Å². The van der Waals surface area contributed by atoms with Crippen LogP contribution in [0.15, 0.2) is 53.2 Å². The Morgan fingerprint density at radius 3 is 2.77 bits per heavy atom. The Labute approximate surface area is 179 Å². The molecule has 0 saturated carbocycles. The zero-order valence-electron chi connectivity index (χ0n) is 17.0. The summed E-state index contributed by atoms with van der Waals surface area (Å²) < 4.78 is 18.8. The third-order valence-electron chi connectivity index (χ3n) is 5.21. The standard InChI is InChI=1S/C23H23FN4O3/c24-18-6-4-17(5-7-18)23(30)26-12-9-22(29)28-13-10-20-19(15-28)27-21(31-20)8-3-16-2-1-11-25-14-16/h1-2,4-7,11,14H,3,8-10,12-13,15H2,(H,26,30). The number of rotatable bonds is 7. The number of fused-ring (bicyclic) bond motifs is 1. The lowest BCUT2D eigenvalue weighted by Gasteiger charge is -2.25. The molecule has 0 atom stereocenters. The van der Waals surface area contributed by atoms with Crippen molar-refractivity contribution < 1.29 is 18.4 Å². The molecule has 2 amide bonds. The second-order valence-corrected chi connectivity index (χ2v) is 7.42. The molecule has 1 N–H and O–H groups in total. The van der Waals surface area contributed by atoms with Crippen LogP contribution in [0.5, 0.6) is 0 Å². The second kappa shape index (κ2) is 9.51. The normalized spacial score (nSPS) is 13.0. The van der Waals surface area contributed by atoms with Gasteiger partial charge in [-0.3, -0.25) is 14.6 Å². The van der Waals surface area contributed by atoms with Crippen LogP contribution in [0.2, 0.25) is 0 Å². The van der Waals surface area contributed by atoms with E-state index in [1.807, 2.05) is 18.3 Å². The van der Waals surface area contributed by atoms with E-state index in [4.69, 9.17) is 4.42 Å². The van der Waals surface area contributed by atoms with Gasteiger partial charge in [-0.15, -0.1) is 0 Å². The average Bonchev–Trinajstić information content (AvgIpc) is 3.21. The number of aryl methyl sites for hydroxylation is 2. The van der Waals surface area contributed by atoms with Crippen molar-refractivity contribution >= 4 is 11.8 Å². The van der Waals surface area contributed by atoms with Gasteiger partial charge in [0.1, 0.15) is 17.3 Å². The number of hydrogen-bond acceptors (Lipinski definition) is 5. The number of halogens is 1. The molecule has 0 unspecified atom stereocenters. The van der Waals surface area contributed by atoms with Crippen molar-refractivity contribution in [3.8, 4) is 0 Å². The zero-order chi connectivity index (χ0) is 21.6. The van der Waals surface area contributed by atoms with Crippen LogP contribution < -0.4 is 5.32 Å². The lowest BCUT2D eigenvalue weighted by atomic mass is 10.1. The van der Waals surface area contributed by atoms with Crippen LogP contribution in [0, 0.1) is 5.82 Å². The summed E-state index contributed by atoms with van der Waals surface area (Å²) in [6, 6.07) is 9.21. The van der Waals surface area contributed by atoms with Gasteiger partial charge in [0.05, 0.1) is 6.54 Å². The summed E-state index contributed by atoms with van der Waals surface area (Å²) in [5.41, 5.74) is 2.28. The number of hydrogen-bond donors (Lipinski definition) is 1. The van der Waals surface area contributed by atoms with Gasteiger partial charge in [0.15, 0.2) is 5.89 Å². The van der Waals surface area contributed by atoms with Gasteiger partial charge in [-0.2, -0.15) is 0 Å². The van der Waals surface area contributed by atoms with E-state index in [1.165, 1.54) is 24.3 Å². The molecule has 4 rings (SSSR count). The van der Waals surface area contributed by atoms with Crippen LogP contribution in [0.3, 0.4) is 0 Å². The molecule has 8 heteroatoms. The van der Waals surface area contributed by atoms with Gasteiger partial charge in [-0.25, -0.2) is 9.37 Å². The van der Waals surface area contributed by atoms with Crippen LogP contribution in [0.4, 0.5) is 4.39 Å². The highest BCUT2D eigenvalue weighted by Crippen LogP contribution is 2.21. The average molecular weight is 422 g/mol. The molecule has 0 spiro atoms. The first-order valence-corrected chi connectivity index (χ1v) is 10.3. The monoisotopic (exact) mass is 422 g/mol. The van der Waals surface area contributed by atoms with Crippen molar-refractivity contribution in [1.29, 1.82) is 0 Å². The number of nitrogens with one attached hydrogen (secondary N) is 1. The van der Waals surface area contributed by atoms with E-state index in [9.17, 15) is 14.0 Å². The Hall–Kier alpha value is -3.55. The molecule has 7 nitrogen and oxygen atoms in total. The molecule has 0 saturated heterocycles. The molecule has 3 heterocycles. The Kier molecular flexibility index (Phi) is 6.35. The SMILES string of the molecule is O=C(NCCC(=O)N1CCc2oc(CCc3cccnc3)nc2C1)c1ccc(F)cc1. The zero-order valence-corrected chi connectivity index (χ0v) is 17.0. The molecule has 0 radical (unpaired) electrons. The van der Waals surface area contributed by atoms with E-state index < -0.39 is 5.82 Å². The lowest BCUT2D eigenvalue weighted by molar-refractivity contribution is -0.132. The molecule has 1 aromatic carbocycles. The highest BCUT2D eigenvalue weighted by atomic mass is 19.1. The molecule has 31 heavy (non-hydrogen) atoms. The van der Waals surface area contributed by atoms with E-state index in [0.29, 0.717) is 37.4 Å². The maximum atomic E-state index is 12.9. The van der Waals surface area contributed by atoms with Crippen molar-refractivity contribution in [3.05, 3.63) is 83.1 Å². The predicted molar refractivity (Wildman–Crippen MR) is 111 cm³/mol. The van der Waals surface area contributed by atoms with E-state index in [-0.39, 0.29) is 24.8 Å². The van der Waals surface area contributed by atoms with Gasteiger partial charge in [-0.1, -0.05) is 6.07 Å². The van der Waals surface area contributed by atoms with Crippen LogP contribution in [-0.4, -0.2) is 39.8 Å². The van der Waals surface area contributed by atoms with Gasteiger partial charge in [0, 0.05) is 50.3 Å². The summed E-state index contributed by atoms with van der Waals surface area (Å²) in [5, 5.41) is 2.70. The number of oxazole rings is 1. The summed E-state index contributed by atoms with van der Waals surface area (Å²) in [7, 11) is 0. The first kappa shape index (κ1) is 20.7. The number of aromatic nitrogens is 2. The third kappa shape index (κ3) is 5.33. The molecule has 2 aromatic heterocycles. The van der Waals surface area contributed by atoms with E-state index in [2.05, 4.69) is 15.3 Å². The summed E-state index contributed by atoms with van der Waals surface area (Å²) >= 11 is 0. The van der Waals surface area contributed by atoms with Gasteiger partial charge in [0.25, 0.3) is 5.91 Å². The lowest BCUT2D eigenvalue weighted by Crippen LogP contribution is -2.38. The van der Waals surface area contributed by atoms with Crippen LogP contribution in [0.25, 0.3) is 0 Å². The minimum atomic E-state index is -0.399. The summed E-state index contributed by atoms with van der Waals surface area (Å²) in [5.74, 6) is 0.738. The molecule has 1 aliphatic heterocycles. The van der Waals surface area contributed by atoms with E-state index in [0.717, 1.165) is 23.4 Å². The molecule has 3 aromatic rings.